The van der Waals surface area contributed by atoms with Gasteiger partial charge in [0.05, 0.1) is 50.6 Å². The van der Waals surface area contributed by atoms with Gasteiger partial charge in [-0.15, -0.1) is 0 Å². The van der Waals surface area contributed by atoms with E-state index in [1.807, 2.05) is 0 Å². The zero-order valence-electron chi connectivity index (χ0n) is 60.9. The number of hydrogen-bond donors (Lipinski definition) is 1. The number of ether oxygens (including phenoxy) is 2. The van der Waals surface area contributed by atoms with E-state index in [1.54, 1.807) is 10.5 Å². The van der Waals surface area contributed by atoms with Crippen molar-refractivity contribution in [3.05, 3.63) is 95.2 Å². The molecule has 4 aliphatic carbocycles. The molecule has 9 rings (SSSR count). The zero-order chi connectivity index (χ0) is 67.9. The quantitative estimate of drug-likeness (QED) is 0.0222. The Bertz CT molecular complexity index is 3100. The molecule has 534 valence electrons. The zero-order valence-corrected chi connectivity index (χ0v) is 68.6. The second-order valence-electron chi connectivity index (χ2n) is 31.0. The average Bonchev–Trinajstić information content (AvgIpc) is 1.71. The number of likely N-dealkylation sites (N-methyl/N-ethyl adjacent to an activating group) is 1. The molecule has 2 radical (unpaired) electrons. The van der Waals surface area contributed by atoms with Gasteiger partial charge in [-0.1, -0.05) is 135 Å². The van der Waals surface area contributed by atoms with Crippen LogP contribution >= 0.6 is 16.5 Å². The number of para-hydroxylation sites is 2. The first kappa shape index (κ1) is 82.5. The molecule has 2 aromatic carbocycles. The summed E-state index contributed by atoms with van der Waals surface area (Å²) in [6.45, 7) is 26.2. The number of β-amino-alcohol motifs (C(OH)–C–C–N with tert-alkyl or cyclic N) is 1. The van der Waals surface area contributed by atoms with Crippen molar-refractivity contribution in [1.29, 1.82) is 0 Å². The van der Waals surface area contributed by atoms with E-state index in [-0.39, 0.29) is 145 Å². The molecule has 3 aliphatic heterocycles. The van der Waals surface area contributed by atoms with E-state index in [2.05, 4.69) is 152 Å². The van der Waals surface area contributed by atoms with E-state index in [9.17, 15) is 28.6 Å². The van der Waals surface area contributed by atoms with Crippen LogP contribution in [0, 0.1) is 46.3 Å². The van der Waals surface area contributed by atoms with Crippen molar-refractivity contribution in [2.75, 3.05) is 64.2 Å². The number of ketones is 1. The van der Waals surface area contributed by atoms with Gasteiger partial charge in [0, 0.05) is 158 Å². The third-order valence-corrected chi connectivity index (χ3v) is 25.4. The van der Waals surface area contributed by atoms with Crippen LogP contribution < -0.4 is 4.90 Å². The molecule has 7 aliphatic rings. The van der Waals surface area contributed by atoms with Crippen LogP contribution in [0.4, 0.5) is 11.4 Å². The number of hydrogen-bond acceptors (Lipinski definition) is 13. The van der Waals surface area contributed by atoms with Crippen molar-refractivity contribution >= 4 is 51.3 Å². The molecule has 1 amide bonds. The summed E-state index contributed by atoms with van der Waals surface area (Å²) in [5.74, 6) is 4.85. The number of benzene rings is 2. The van der Waals surface area contributed by atoms with Gasteiger partial charge in [-0.3, -0.25) is 23.5 Å². The maximum absolute atomic E-state index is 13.3. The molecule has 12 atom stereocenters. The molecular weight excluding hydrogens is 1410 g/mol. The molecule has 97 heavy (non-hydrogen) atoms. The van der Waals surface area contributed by atoms with Gasteiger partial charge in [-0.2, -0.15) is 4.58 Å². The van der Waals surface area contributed by atoms with Gasteiger partial charge in [0.2, 0.25) is 11.6 Å². The standard InChI is InChI=1S/C78H120N3O12P2.2Y/c1-11-79-69-32-20-18-30-67(69)75(5,6)71(79)34-24-35-72-76(7,8)68-31-19-21-33-70(68)80(72)46-22-14-15-28-60(82)29-25-47-88-48-49-89-94(86)90-50-51-91-95(87)92-55-59-53-61(83)54-81(59)73(84)36-16-12-13-17-37-74(85)93-62-42-44-77(9)58(52-62)38-39-63-65-41-40-64(57(4)27-23-26-56(2)3)78(65,10)45-43-66(63)77;;/h18-21,24,30-35,38,56-57,59,61-66,83,94-95H,11-17,22-23,25-29,36-37,39-55H2,1-10H3;;/q+1;;/t57-,59-,61+,62-,63?,64+,65?,66?,77-,78+;;/m0../s1. The van der Waals surface area contributed by atoms with Gasteiger partial charge in [0.15, 0.2) is 5.71 Å². The maximum atomic E-state index is 13.3. The summed E-state index contributed by atoms with van der Waals surface area (Å²) < 4.78 is 60.5. The Morgan fingerprint density at radius 1 is 0.711 bits per heavy atom. The smallest absolute Gasteiger partial charge is 0.319 e. The van der Waals surface area contributed by atoms with Crippen LogP contribution in [0.2, 0.25) is 0 Å². The third kappa shape index (κ3) is 21.0. The molecule has 2 aromatic rings. The minimum absolute atomic E-state index is 0. The number of unbranched alkanes of at least 4 members (excludes halogenated alkanes) is 5. The van der Waals surface area contributed by atoms with E-state index in [0.717, 1.165) is 106 Å². The number of allylic oxidation sites excluding steroid dienone is 5. The number of amides is 1. The number of carbonyl (C=O) groups is 3. The van der Waals surface area contributed by atoms with Gasteiger partial charge in [-0.25, -0.2) is 0 Å². The van der Waals surface area contributed by atoms with Crippen LogP contribution in [0.1, 0.15) is 234 Å². The van der Waals surface area contributed by atoms with Crippen molar-refractivity contribution in [2.45, 2.75) is 252 Å². The predicted octanol–water partition coefficient (Wildman–Crippen LogP) is 17.3. The molecule has 3 heterocycles. The van der Waals surface area contributed by atoms with E-state index < -0.39 is 28.7 Å². The SMILES string of the molecule is CCN1C(=CC=CC2=[N+](CCCCCC(=O)CCCOCCO[PH](=O)OCCO[PH](=O)OC[C@@H]3C[C@@H](O)CN3C(=O)CCCCCCC(=O)O[C@H]3CC[C@@]4(C)C(=CCC5C4CC[C@@]4(C)C5CC[C@@H]4[C@@H](C)CCCC(C)C)C3)c3ccccc3C2(C)C)C(C)(C)c2ccccc21.[Y].[Y]. The van der Waals surface area contributed by atoms with Crippen molar-refractivity contribution < 1.29 is 126 Å². The predicted molar refractivity (Wildman–Crippen MR) is 381 cm³/mol. The Morgan fingerprint density at radius 2 is 1.38 bits per heavy atom. The van der Waals surface area contributed by atoms with Crippen LogP contribution in [-0.2, 0) is 127 Å². The third-order valence-electron chi connectivity index (χ3n) is 23.7. The van der Waals surface area contributed by atoms with Crippen LogP contribution in [0.3, 0.4) is 0 Å². The summed E-state index contributed by atoms with van der Waals surface area (Å²) in [5, 5.41) is 10.4. The van der Waals surface area contributed by atoms with E-state index in [4.69, 9.17) is 27.6 Å². The monoisotopic (exact) mass is 1530 g/mol. The fourth-order valence-electron chi connectivity index (χ4n) is 18.5. The number of carbonyl (C=O) groups excluding carboxylic acids is 3. The number of nitrogens with zero attached hydrogens (tertiary/aromatic N) is 3. The second-order valence-corrected chi connectivity index (χ2v) is 33.2. The Labute approximate surface area is 635 Å². The Kier molecular flexibility index (Phi) is 33.0. The van der Waals surface area contributed by atoms with Crippen molar-refractivity contribution in [3.8, 4) is 0 Å². The van der Waals surface area contributed by atoms with E-state index in [0.29, 0.717) is 57.0 Å². The molecule has 1 N–H and O–H groups in total. The van der Waals surface area contributed by atoms with Crippen LogP contribution in [0.5, 0.6) is 0 Å². The number of aliphatic hydroxyl groups is 1. The van der Waals surface area contributed by atoms with E-state index >= 15 is 0 Å². The van der Waals surface area contributed by atoms with Gasteiger partial charge in [0.25, 0.3) is 0 Å². The normalized spacial score (nSPS) is 27.4. The minimum atomic E-state index is -2.96. The maximum Gasteiger partial charge on any atom is 0.319 e. The molecule has 4 fully saturated rings. The first-order valence-corrected chi connectivity index (χ1v) is 39.6. The number of aliphatic hydroxyl groups excluding tert-OH is 1. The Balaban J connectivity index is 0.00000663. The molecule has 0 aromatic heterocycles. The van der Waals surface area contributed by atoms with Crippen molar-refractivity contribution in [2.24, 2.45) is 46.3 Å². The average molecular weight is 1530 g/mol. The van der Waals surface area contributed by atoms with Crippen LogP contribution in [0.25, 0.3) is 0 Å². The molecule has 3 saturated carbocycles. The van der Waals surface area contributed by atoms with Gasteiger partial charge in [-0.05, 0) is 168 Å². The summed E-state index contributed by atoms with van der Waals surface area (Å²) in [5.41, 5.74) is 9.83. The largest absolute Gasteiger partial charge is 0.462 e. The number of fused-ring (bicyclic) bond motifs is 7. The van der Waals surface area contributed by atoms with Gasteiger partial charge >= 0.3 is 22.5 Å². The number of esters is 1. The van der Waals surface area contributed by atoms with Crippen LogP contribution in [-0.4, -0.2) is 115 Å². The summed E-state index contributed by atoms with van der Waals surface area (Å²) >= 11 is 0. The molecule has 1 saturated heterocycles. The topological polar surface area (TPSA) is 170 Å². The molecular formula is C78H120N3O12P2Y2+. The van der Waals surface area contributed by atoms with Crippen LogP contribution in [0.15, 0.2) is 84.1 Å². The number of rotatable bonds is 38. The van der Waals surface area contributed by atoms with E-state index in [1.165, 1.54) is 85.3 Å². The first-order valence-electron chi connectivity index (χ1n) is 37.1. The van der Waals surface area contributed by atoms with Crippen molar-refractivity contribution in [1.82, 2.24) is 4.90 Å². The summed E-state index contributed by atoms with van der Waals surface area (Å²) in [6.07, 6.45) is 30.7. The summed E-state index contributed by atoms with van der Waals surface area (Å²) in [6, 6.07) is 17.0. The molecule has 0 bridgehead atoms. The van der Waals surface area contributed by atoms with Gasteiger partial charge in [0.1, 0.15) is 18.4 Å². The van der Waals surface area contributed by atoms with Gasteiger partial charge < -0.3 is 42.5 Å². The summed E-state index contributed by atoms with van der Waals surface area (Å²) in [7, 11) is -5.80. The minimum Gasteiger partial charge on any atom is -0.462 e. The second kappa shape index (κ2) is 38.8. The number of likely N-dealkylation sites (tertiary alicyclic amines) is 1. The number of Topliss-reactive ketones (excluding diaryl/α,β-unsaturated/α-hetero) is 1. The first-order chi connectivity index (χ1) is 45.6. The number of anilines is 1. The Morgan fingerprint density at radius 3 is 2.12 bits per heavy atom. The molecule has 0 spiro atoms. The molecule has 15 nitrogen and oxygen atoms in total. The summed E-state index contributed by atoms with van der Waals surface area (Å²) in [4.78, 5) is 43.3. The molecule has 5 unspecified atom stereocenters. The van der Waals surface area contributed by atoms with Crippen molar-refractivity contribution in [3.63, 3.8) is 0 Å². The fraction of sp³-hybridized carbons (Fsp3) is 0.718. The fourth-order valence-corrected chi connectivity index (χ4v) is 19.8. The molecule has 19 heteroatoms. The Hall–Kier alpha value is -1.83.